The van der Waals surface area contributed by atoms with Crippen LogP contribution in [-0.2, 0) is 9.84 Å². The SMILES string of the molecule is CCS(=O)(=O)[C@@H]1[C@H](c2ccc(Cl)cc2)[C@@]1(CN)CO. The van der Waals surface area contributed by atoms with E-state index in [1.165, 1.54) is 0 Å². The van der Waals surface area contributed by atoms with Gasteiger partial charge < -0.3 is 10.8 Å². The van der Waals surface area contributed by atoms with E-state index in [2.05, 4.69) is 0 Å². The Morgan fingerprint density at radius 1 is 1.37 bits per heavy atom. The Morgan fingerprint density at radius 2 is 1.95 bits per heavy atom. The highest BCUT2D eigenvalue weighted by atomic mass is 35.5. The molecular formula is C13H18ClNO3S. The number of hydrogen-bond donors (Lipinski definition) is 2. The Kier molecular flexibility index (Phi) is 3.93. The third-order valence-corrected chi connectivity index (χ3v) is 6.64. The topological polar surface area (TPSA) is 80.4 Å². The van der Waals surface area contributed by atoms with Crippen LogP contribution in [0.2, 0.25) is 5.02 Å². The summed E-state index contributed by atoms with van der Waals surface area (Å²) < 4.78 is 24.3. The van der Waals surface area contributed by atoms with E-state index in [-0.39, 0.29) is 24.8 Å². The molecule has 1 saturated carbocycles. The van der Waals surface area contributed by atoms with Crippen LogP contribution < -0.4 is 5.73 Å². The highest BCUT2D eigenvalue weighted by Crippen LogP contribution is 2.62. The van der Waals surface area contributed by atoms with Crippen molar-refractivity contribution in [2.45, 2.75) is 18.1 Å². The summed E-state index contributed by atoms with van der Waals surface area (Å²) in [5.74, 6) is -0.187. The van der Waals surface area contributed by atoms with Gasteiger partial charge in [-0.25, -0.2) is 8.42 Å². The molecule has 1 aliphatic carbocycles. The fourth-order valence-electron chi connectivity index (χ4n) is 2.87. The van der Waals surface area contributed by atoms with Gasteiger partial charge in [-0.3, -0.25) is 0 Å². The Labute approximate surface area is 118 Å². The minimum Gasteiger partial charge on any atom is -0.396 e. The summed E-state index contributed by atoms with van der Waals surface area (Å²) in [6, 6.07) is 7.06. The normalized spacial score (nSPS) is 30.3. The first kappa shape index (κ1) is 14.8. The molecule has 3 N–H and O–H groups in total. The molecule has 0 heterocycles. The minimum absolute atomic E-state index is 0.0590. The third kappa shape index (κ3) is 2.29. The molecule has 2 rings (SSSR count). The van der Waals surface area contributed by atoms with Crippen LogP contribution in [0.3, 0.4) is 0 Å². The Morgan fingerprint density at radius 3 is 2.37 bits per heavy atom. The Hall–Kier alpha value is -0.620. The molecule has 0 bridgehead atoms. The summed E-state index contributed by atoms with van der Waals surface area (Å²) in [4.78, 5) is 0. The first-order valence-corrected chi connectivity index (χ1v) is 8.30. The predicted octanol–water partition coefficient (Wildman–Crippen LogP) is 1.18. The van der Waals surface area contributed by atoms with Gasteiger partial charge in [0.25, 0.3) is 0 Å². The van der Waals surface area contributed by atoms with Crippen molar-refractivity contribution >= 4 is 21.4 Å². The van der Waals surface area contributed by atoms with E-state index < -0.39 is 20.5 Å². The largest absolute Gasteiger partial charge is 0.396 e. The lowest BCUT2D eigenvalue weighted by atomic mass is 10.0. The quantitative estimate of drug-likeness (QED) is 0.856. The van der Waals surface area contributed by atoms with Crippen molar-refractivity contribution in [1.82, 2.24) is 0 Å². The van der Waals surface area contributed by atoms with Crippen LogP contribution >= 0.6 is 11.6 Å². The smallest absolute Gasteiger partial charge is 0.154 e. The zero-order valence-corrected chi connectivity index (χ0v) is 12.3. The number of nitrogens with two attached hydrogens (primary N) is 1. The fraction of sp³-hybridized carbons (Fsp3) is 0.538. The number of sulfone groups is 1. The van der Waals surface area contributed by atoms with Crippen molar-refractivity contribution < 1.29 is 13.5 Å². The maximum Gasteiger partial charge on any atom is 0.154 e. The van der Waals surface area contributed by atoms with Gasteiger partial charge in [0, 0.05) is 28.7 Å². The summed E-state index contributed by atoms with van der Waals surface area (Å²) in [5, 5.41) is 9.60. The number of hydrogen-bond acceptors (Lipinski definition) is 4. The number of aliphatic hydroxyl groups excluding tert-OH is 1. The van der Waals surface area contributed by atoms with Crippen molar-refractivity contribution in [3.8, 4) is 0 Å². The van der Waals surface area contributed by atoms with Gasteiger partial charge in [-0.05, 0) is 17.7 Å². The molecule has 0 unspecified atom stereocenters. The second kappa shape index (κ2) is 5.05. The van der Waals surface area contributed by atoms with Crippen LogP contribution in [0, 0.1) is 5.41 Å². The van der Waals surface area contributed by atoms with Crippen LogP contribution in [0.15, 0.2) is 24.3 Å². The van der Waals surface area contributed by atoms with Gasteiger partial charge in [0.2, 0.25) is 0 Å². The van der Waals surface area contributed by atoms with E-state index >= 15 is 0 Å². The van der Waals surface area contributed by atoms with Gasteiger partial charge >= 0.3 is 0 Å². The molecule has 3 atom stereocenters. The monoisotopic (exact) mass is 303 g/mol. The van der Waals surface area contributed by atoms with Gasteiger partial charge in [0.15, 0.2) is 9.84 Å². The van der Waals surface area contributed by atoms with E-state index in [9.17, 15) is 13.5 Å². The molecule has 4 nitrogen and oxygen atoms in total. The lowest BCUT2D eigenvalue weighted by Crippen LogP contribution is -2.28. The molecule has 1 fully saturated rings. The van der Waals surface area contributed by atoms with E-state index in [4.69, 9.17) is 17.3 Å². The zero-order valence-electron chi connectivity index (χ0n) is 10.7. The van der Waals surface area contributed by atoms with E-state index in [0.717, 1.165) is 5.56 Å². The molecule has 0 saturated heterocycles. The number of aliphatic hydroxyl groups is 1. The number of benzene rings is 1. The van der Waals surface area contributed by atoms with Gasteiger partial charge in [-0.1, -0.05) is 30.7 Å². The van der Waals surface area contributed by atoms with Gasteiger partial charge in [-0.15, -0.1) is 0 Å². The molecule has 0 aliphatic heterocycles. The van der Waals surface area contributed by atoms with Crippen molar-refractivity contribution in [1.29, 1.82) is 0 Å². The number of halogens is 1. The summed E-state index contributed by atoms with van der Waals surface area (Å²) in [6.07, 6.45) is 0. The predicted molar refractivity (Wildman–Crippen MR) is 76.0 cm³/mol. The van der Waals surface area contributed by atoms with Crippen molar-refractivity contribution in [3.63, 3.8) is 0 Å². The minimum atomic E-state index is -3.24. The molecule has 0 amide bonds. The van der Waals surface area contributed by atoms with Gasteiger partial charge in [0.05, 0.1) is 11.9 Å². The Bertz CT molecular complexity index is 552. The maximum atomic E-state index is 12.2. The summed E-state index contributed by atoms with van der Waals surface area (Å²) >= 11 is 5.84. The molecule has 0 radical (unpaired) electrons. The second-order valence-electron chi connectivity index (χ2n) is 5.00. The summed E-state index contributed by atoms with van der Waals surface area (Å²) in [5.41, 5.74) is 5.85. The molecule has 1 aliphatic rings. The maximum absolute atomic E-state index is 12.2. The second-order valence-corrected chi connectivity index (χ2v) is 7.84. The lowest BCUT2D eigenvalue weighted by Gasteiger charge is -2.11. The molecular weight excluding hydrogens is 286 g/mol. The molecule has 1 aromatic rings. The average Bonchev–Trinajstić information content (AvgIpc) is 3.10. The van der Waals surface area contributed by atoms with Crippen LogP contribution in [0.25, 0.3) is 0 Å². The average molecular weight is 304 g/mol. The fourth-order valence-corrected chi connectivity index (χ4v) is 5.15. The van der Waals surface area contributed by atoms with Gasteiger partial charge in [0.1, 0.15) is 0 Å². The lowest BCUT2D eigenvalue weighted by molar-refractivity contribution is 0.212. The molecule has 1 aromatic carbocycles. The Balaban J connectivity index is 2.42. The molecule has 0 aromatic heterocycles. The molecule has 0 spiro atoms. The standard InChI is InChI=1S/C13H18ClNO3S/c1-2-19(17,18)12-11(13(12,7-15)8-16)9-3-5-10(14)6-4-9/h3-6,11-12,16H,2,7-8,15H2,1H3/t11-,12+,13+/m0/s1. The zero-order chi connectivity index (χ0) is 14.3. The van der Waals surface area contributed by atoms with Crippen LogP contribution in [0.5, 0.6) is 0 Å². The van der Waals surface area contributed by atoms with E-state index in [1.807, 2.05) is 0 Å². The third-order valence-electron chi connectivity index (χ3n) is 4.07. The van der Waals surface area contributed by atoms with Crippen LogP contribution in [-0.4, -0.2) is 37.7 Å². The van der Waals surface area contributed by atoms with Crippen LogP contribution in [0.4, 0.5) is 0 Å². The van der Waals surface area contributed by atoms with E-state index in [0.29, 0.717) is 5.02 Å². The van der Waals surface area contributed by atoms with Crippen molar-refractivity contribution in [2.75, 3.05) is 18.9 Å². The van der Waals surface area contributed by atoms with E-state index in [1.54, 1.807) is 31.2 Å². The van der Waals surface area contributed by atoms with Gasteiger partial charge in [-0.2, -0.15) is 0 Å². The highest BCUT2D eigenvalue weighted by molar-refractivity contribution is 7.92. The van der Waals surface area contributed by atoms with Crippen molar-refractivity contribution in [3.05, 3.63) is 34.9 Å². The summed E-state index contributed by atoms with van der Waals surface area (Å²) in [6.45, 7) is 1.55. The van der Waals surface area contributed by atoms with Crippen LogP contribution in [0.1, 0.15) is 18.4 Å². The highest BCUT2D eigenvalue weighted by Gasteiger charge is 2.69. The molecule has 106 valence electrons. The number of rotatable bonds is 5. The van der Waals surface area contributed by atoms with Crippen molar-refractivity contribution in [2.24, 2.45) is 11.1 Å². The first-order chi connectivity index (χ1) is 8.93. The first-order valence-electron chi connectivity index (χ1n) is 6.21. The molecule has 19 heavy (non-hydrogen) atoms. The molecule has 6 heteroatoms. The summed E-state index contributed by atoms with van der Waals surface area (Å²) in [7, 11) is -3.24.